The molecule has 0 bridgehead atoms. The van der Waals surface area contributed by atoms with Crippen LogP contribution in [0.25, 0.3) is 0 Å². The Labute approximate surface area is 287 Å². The number of hydrogen-bond acceptors (Lipinski definition) is 6. The quantitative estimate of drug-likeness (QED) is 0.0343. The number of nitrogens with zero attached hydrogens (tertiary/aromatic N) is 1. The van der Waals surface area contributed by atoms with Crippen molar-refractivity contribution >= 4 is 13.7 Å². The summed E-state index contributed by atoms with van der Waals surface area (Å²) in [6, 6.07) is -0.941. The van der Waals surface area contributed by atoms with Crippen LogP contribution in [-0.4, -0.2) is 68.5 Å². The summed E-state index contributed by atoms with van der Waals surface area (Å²) in [5, 5.41) is 13.6. The van der Waals surface area contributed by atoms with Crippen LogP contribution in [0.5, 0.6) is 0 Å². The molecule has 0 aliphatic heterocycles. The highest BCUT2D eigenvalue weighted by Gasteiger charge is 2.23. The second kappa shape index (κ2) is 30.0. The van der Waals surface area contributed by atoms with Gasteiger partial charge in [-0.05, 0) is 57.8 Å². The lowest BCUT2D eigenvalue weighted by atomic mass is 10.1. The zero-order valence-electron chi connectivity index (χ0n) is 30.2. The summed E-state index contributed by atoms with van der Waals surface area (Å²) in [6.45, 7) is 4.38. The molecule has 0 rings (SSSR count). The monoisotopic (exact) mass is 678 g/mol. The maximum atomic E-state index is 12.7. The topological polar surface area (TPSA) is 108 Å². The first kappa shape index (κ1) is 44.9. The Morgan fingerprint density at radius 2 is 1.32 bits per heavy atom. The summed E-state index contributed by atoms with van der Waals surface area (Å²) in [7, 11) is 1.18. The minimum atomic E-state index is -4.61. The maximum Gasteiger partial charge on any atom is 0.268 e. The molecule has 0 aromatic carbocycles. The number of aliphatic hydroxyl groups excluding tert-OH is 1. The summed E-state index contributed by atoms with van der Waals surface area (Å²) in [6.07, 6.45) is 38.2. The van der Waals surface area contributed by atoms with Gasteiger partial charge in [0.2, 0.25) is 5.91 Å². The van der Waals surface area contributed by atoms with E-state index in [0.717, 1.165) is 44.9 Å². The van der Waals surface area contributed by atoms with Crippen LogP contribution in [0.2, 0.25) is 0 Å². The second-order valence-corrected chi connectivity index (χ2v) is 14.2. The third-order valence-corrected chi connectivity index (χ3v) is 8.13. The van der Waals surface area contributed by atoms with Crippen molar-refractivity contribution in [2.45, 2.75) is 122 Å². The van der Waals surface area contributed by atoms with Gasteiger partial charge in [0.25, 0.3) is 7.82 Å². The minimum Gasteiger partial charge on any atom is -0.756 e. The van der Waals surface area contributed by atoms with Gasteiger partial charge < -0.3 is 28.8 Å². The number of carbonyl (C=O) groups excluding carboxylic acids is 1. The molecule has 0 saturated heterocycles. The average Bonchev–Trinajstić information content (AvgIpc) is 3.01. The molecule has 0 saturated carbocycles. The molecule has 0 aliphatic carbocycles. The molecule has 0 radical (unpaired) electrons. The number of aliphatic hydroxyl groups is 1. The normalized spacial score (nSPS) is 15.6. The molecule has 0 aromatic heterocycles. The van der Waals surface area contributed by atoms with Crippen molar-refractivity contribution in [3.05, 3.63) is 72.9 Å². The van der Waals surface area contributed by atoms with Crippen LogP contribution >= 0.6 is 7.82 Å². The Hall–Kier alpha value is -2.06. The van der Waals surface area contributed by atoms with E-state index in [0.29, 0.717) is 17.4 Å². The van der Waals surface area contributed by atoms with E-state index in [1.807, 2.05) is 39.4 Å². The molecule has 0 fully saturated rings. The maximum absolute atomic E-state index is 12.7. The van der Waals surface area contributed by atoms with Crippen molar-refractivity contribution in [2.75, 3.05) is 40.9 Å². The second-order valence-electron chi connectivity index (χ2n) is 12.8. The Morgan fingerprint density at radius 3 is 1.96 bits per heavy atom. The number of rotatable bonds is 30. The zero-order valence-corrected chi connectivity index (χ0v) is 31.1. The molecule has 8 nitrogen and oxygen atoms in total. The number of likely N-dealkylation sites (N-methyl/N-ethyl adjacent to an activating group) is 1. The SMILES string of the molecule is CC/C=C\C/C=C\C/C=C\C/C=C\CCC(=O)NC(COP(=O)([O-])OCC[N+](C)(C)C)C(O)/C=C/CC/C=C/CCCCCCCC. The molecule has 270 valence electrons. The lowest BCUT2D eigenvalue weighted by Crippen LogP contribution is -2.45. The molecule has 2 N–H and O–H groups in total. The van der Waals surface area contributed by atoms with Crippen molar-refractivity contribution in [3.8, 4) is 0 Å². The number of hydrogen-bond donors (Lipinski definition) is 2. The number of nitrogens with one attached hydrogen (secondary N) is 1. The van der Waals surface area contributed by atoms with E-state index in [1.165, 1.54) is 38.5 Å². The van der Waals surface area contributed by atoms with Crippen molar-refractivity contribution < 1.29 is 32.9 Å². The zero-order chi connectivity index (χ0) is 35.1. The Bertz CT molecular complexity index is 997. The number of allylic oxidation sites excluding steroid dienone is 11. The van der Waals surface area contributed by atoms with Crippen LogP contribution in [0.1, 0.15) is 110 Å². The van der Waals surface area contributed by atoms with Gasteiger partial charge in [-0.2, -0.15) is 0 Å². The van der Waals surface area contributed by atoms with Gasteiger partial charge in [0, 0.05) is 6.42 Å². The fourth-order valence-electron chi connectivity index (χ4n) is 4.29. The van der Waals surface area contributed by atoms with Gasteiger partial charge in [0.15, 0.2) is 0 Å². The smallest absolute Gasteiger partial charge is 0.268 e. The first-order chi connectivity index (χ1) is 22.5. The highest BCUT2D eigenvalue weighted by Crippen LogP contribution is 2.38. The summed E-state index contributed by atoms with van der Waals surface area (Å²) in [5.41, 5.74) is 0. The molecule has 0 spiro atoms. The van der Waals surface area contributed by atoms with Crippen LogP contribution in [0, 0.1) is 0 Å². The van der Waals surface area contributed by atoms with E-state index in [9.17, 15) is 19.4 Å². The summed E-state index contributed by atoms with van der Waals surface area (Å²) in [4.78, 5) is 25.0. The third-order valence-electron chi connectivity index (χ3n) is 7.16. The molecular weight excluding hydrogens is 611 g/mol. The van der Waals surface area contributed by atoms with Gasteiger partial charge >= 0.3 is 0 Å². The Morgan fingerprint density at radius 1 is 0.766 bits per heavy atom. The molecule has 9 heteroatoms. The molecule has 0 aliphatic rings. The number of unbranched alkanes of at least 4 members (excludes halogenated alkanes) is 7. The Kier molecular flexibility index (Phi) is 28.7. The molecule has 3 atom stereocenters. The van der Waals surface area contributed by atoms with E-state index in [1.54, 1.807) is 6.08 Å². The lowest BCUT2D eigenvalue weighted by Gasteiger charge is -2.29. The summed E-state index contributed by atoms with van der Waals surface area (Å²) in [5.74, 6) is -0.294. The summed E-state index contributed by atoms with van der Waals surface area (Å²) < 4.78 is 23.0. The number of phosphoric ester groups is 1. The fraction of sp³-hybridized carbons (Fsp3) is 0.658. The fourth-order valence-corrected chi connectivity index (χ4v) is 5.02. The molecule has 0 heterocycles. The third kappa shape index (κ3) is 32.3. The minimum absolute atomic E-state index is 0.0228. The van der Waals surface area contributed by atoms with Gasteiger partial charge in [-0.3, -0.25) is 9.36 Å². The average molecular weight is 679 g/mol. The van der Waals surface area contributed by atoms with E-state index < -0.39 is 26.6 Å². The molecule has 0 aromatic rings. The van der Waals surface area contributed by atoms with Crippen LogP contribution in [0.15, 0.2) is 72.9 Å². The largest absolute Gasteiger partial charge is 0.756 e. The van der Waals surface area contributed by atoms with Crippen molar-refractivity contribution in [1.82, 2.24) is 5.32 Å². The van der Waals surface area contributed by atoms with Crippen molar-refractivity contribution in [2.24, 2.45) is 0 Å². The number of phosphoric acid groups is 1. The number of amides is 1. The first-order valence-corrected chi connectivity index (χ1v) is 19.3. The Balaban J connectivity index is 4.79. The molecule has 47 heavy (non-hydrogen) atoms. The highest BCUT2D eigenvalue weighted by atomic mass is 31.2. The van der Waals surface area contributed by atoms with Gasteiger partial charge in [-0.1, -0.05) is 119 Å². The lowest BCUT2D eigenvalue weighted by molar-refractivity contribution is -0.870. The van der Waals surface area contributed by atoms with Crippen molar-refractivity contribution in [1.29, 1.82) is 0 Å². The predicted octanol–water partition coefficient (Wildman–Crippen LogP) is 8.27. The van der Waals surface area contributed by atoms with Gasteiger partial charge in [0.1, 0.15) is 13.2 Å². The van der Waals surface area contributed by atoms with Crippen LogP contribution in [0.3, 0.4) is 0 Å². The predicted molar refractivity (Wildman–Crippen MR) is 196 cm³/mol. The van der Waals surface area contributed by atoms with Gasteiger partial charge in [-0.15, -0.1) is 0 Å². The van der Waals surface area contributed by atoms with E-state index in [-0.39, 0.29) is 18.9 Å². The number of quaternary nitrogens is 1. The van der Waals surface area contributed by atoms with E-state index >= 15 is 0 Å². The number of carbonyl (C=O) groups is 1. The van der Waals surface area contributed by atoms with Crippen molar-refractivity contribution in [3.63, 3.8) is 0 Å². The molecule has 3 unspecified atom stereocenters. The highest BCUT2D eigenvalue weighted by molar-refractivity contribution is 7.45. The molecule has 1 amide bonds. The summed E-state index contributed by atoms with van der Waals surface area (Å²) >= 11 is 0. The first-order valence-electron chi connectivity index (χ1n) is 17.8. The van der Waals surface area contributed by atoms with Crippen LogP contribution < -0.4 is 10.2 Å². The van der Waals surface area contributed by atoms with E-state index in [2.05, 4.69) is 67.8 Å². The van der Waals surface area contributed by atoms with Crippen LogP contribution in [-0.2, 0) is 18.4 Å². The van der Waals surface area contributed by atoms with Crippen LogP contribution in [0.4, 0.5) is 0 Å². The molecular formula is C38H67N2O6P. The van der Waals surface area contributed by atoms with E-state index in [4.69, 9.17) is 9.05 Å². The van der Waals surface area contributed by atoms with Gasteiger partial charge in [0.05, 0.1) is 39.9 Å². The van der Waals surface area contributed by atoms with Gasteiger partial charge in [-0.25, -0.2) is 0 Å². The standard InChI is InChI=1S/C38H67N2O6P/c1-6-8-10-12-14-16-18-20-22-24-26-28-30-32-38(42)39-36(35-46-47(43,44)45-34-33-40(3,4)5)37(41)31-29-27-25-23-21-19-17-15-13-11-9-7-2/h8,10,14,16,20-23,26,28-29,31,36-37,41H,6-7,9,11-13,15,17-19,24-25,27,30,32-35H2,1-5H3,(H-,39,42,43,44)/b10-8-,16-14-,22-20-,23-21+,28-26-,31-29+.